The standard InChI is InChI=1S/C17H12N4O4S/c1-8-13(26-9(2)18-8)15-20-21-17(25-15)19-14(22)11-7-10-5-3-4-6-12(10)24-16(11)23/h3-7H,1-2H3,(H,19,21,22). The molecule has 3 heterocycles. The maximum absolute atomic E-state index is 12.4. The van der Waals surface area contributed by atoms with Gasteiger partial charge in [-0.05, 0) is 26.0 Å². The molecule has 0 unspecified atom stereocenters. The lowest BCUT2D eigenvalue weighted by atomic mass is 10.2. The van der Waals surface area contributed by atoms with Gasteiger partial charge in [-0.2, -0.15) is 0 Å². The highest BCUT2D eigenvalue weighted by atomic mass is 32.1. The number of para-hydroxylation sites is 1. The molecule has 0 saturated heterocycles. The van der Waals surface area contributed by atoms with Gasteiger partial charge in [0, 0.05) is 5.39 Å². The van der Waals surface area contributed by atoms with Crippen LogP contribution in [0.1, 0.15) is 21.1 Å². The number of nitrogens with zero attached hydrogens (tertiary/aromatic N) is 3. The highest BCUT2D eigenvalue weighted by molar-refractivity contribution is 7.15. The van der Waals surface area contributed by atoms with Crippen molar-refractivity contribution in [3.8, 4) is 10.8 Å². The number of hydrogen-bond donors (Lipinski definition) is 1. The molecule has 4 rings (SSSR count). The first-order chi connectivity index (χ1) is 12.5. The number of aromatic nitrogens is 3. The number of benzene rings is 1. The lowest BCUT2D eigenvalue weighted by Crippen LogP contribution is -2.20. The van der Waals surface area contributed by atoms with Gasteiger partial charge in [0.05, 0.1) is 10.7 Å². The van der Waals surface area contributed by atoms with E-state index in [1.54, 1.807) is 24.3 Å². The number of anilines is 1. The van der Waals surface area contributed by atoms with Gasteiger partial charge >= 0.3 is 11.6 Å². The van der Waals surface area contributed by atoms with Crippen molar-refractivity contribution < 1.29 is 13.6 Å². The average molecular weight is 368 g/mol. The predicted molar refractivity (Wildman–Crippen MR) is 95.3 cm³/mol. The van der Waals surface area contributed by atoms with Crippen LogP contribution in [0.15, 0.2) is 44.0 Å². The summed E-state index contributed by atoms with van der Waals surface area (Å²) in [6.45, 7) is 3.71. The summed E-state index contributed by atoms with van der Waals surface area (Å²) in [6, 6.07) is 8.28. The molecule has 9 heteroatoms. The molecule has 4 aromatic rings. The third-order valence-electron chi connectivity index (χ3n) is 3.63. The molecule has 0 aliphatic carbocycles. The van der Waals surface area contributed by atoms with Crippen molar-refractivity contribution in [2.45, 2.75) is 13.8 Å². The molecule has 130 valence electrons. The Labute approximate surface area is 150 Å². The molecule has 1 aromatic carbocycles. The van der Waals surface area contributed by atoms with Crippen molar-refractivity contribution in [3.05, 3.63) is 57.0 Å². The van der Waals surface area contributed by atoms with E-state index in [4.69, 9.17) is 8.83 Å². The van der Waals surface area contributed by atoms with Crippen LogP contribution in [0.3, 0.4) is 0 Å². The molecular weight excluding hydrogens is 356 g/mol. The van der Waals surface area contributed by atoms with E-state index in [1.165, 1.54) is 17.4 Å². The first-order valence-corrected chi connectivity index (χ1v) is 8.45. The van der Waals surface area contributed by atoms with Crippen LogP contribution in [0.5, 0.6) is 0 Å². The zero-order chi connectivity index (χ0) is 18.3. The third kappa shape index (κ3) is 2.88. The van der Waals surface area contributed by atoms with E-state index in [0.717, 1.165) is 15.6 Å². The number of rotatable bonds is 3. The van der Waals surface area contributed by atoms with Gasteiger partial charge in [-0.15, -0.1) is 16.4 Å². The van der Waals surface area contributed by atoms with Gasteiger partial charge in [0.25, 0.3) is 11.8 Å². The van der Waals surface area contributed by atoms with Crippen molar-refractivity contribution in [1.82, 2.24) is 15.2 Å². The molecule has 0 radical (unpaired) electrons. The van der Waals surface area contributed by atoms with E-state index in [0.29, 0.717) is 11.0 Å². The summed E-state index contributed by atoms with van der Waals surface area (Å²) >= 11 is 1.41. The number of carbonyl (C=O) groups is 1. The fraction of sp³-hybridized carbons (Fsp3) is 0.118. The van der Waals surface area contributed by atoms with E-state index in [-0.39, 0.29) is 17.5 Å². The van der Waals surface area contributed by atoms with Crippen LogP contribution < -0.4 is 10.9 Å². The van der Waals surface area contributed by atoms with Crippen molar-refractivity contribution in [3.63, 3.8) is 0 Å². The van der Waals surface area contributed by atoms with Gasteiger partial charge in [-0.25, -0.2) is 9.78 Å². The van der Waals surface area contributed by atoms with Gasteiger partial charge in [-0.1, -0.05) is 23.3 Å². The van der Waals surface area contributed by atoms with Crippen LogP contribution >= 0.6 is 11.3 Å². The van der Waals surface area contributed by atoms with Gasteiger partial charge in [0.15, 0.2) is 0 Å². The fourth-order valence-corrected chi connectivity index (χ4v) is 3.32. The Balaban J connectivity index is 1.62. The largest absolute Gasteiger partial charge is 0.422 e. The first-order valence-electron chi connectivity index (χ1n) is 7.63. The summed E-state index contributed by atoms with van der Waals surface area (Å²) in [5, 5.41) is 11.6. The first kappa shape index (κ1) is 16.2. The van der Waals surface area contributed by atoms with Crippen LogP contribution in [0.25, 0.3) is 21.7 Å². The van der Waals surface area contributed by atoms with Gasteiger partial charge in [0.1, 0.15) is 16.0 Å². The quantitative estimate of drug-likeness (QED) is 0.553. The number of thiazole rings is 1. The maximum atomic E-state index is 12.4. The smallest absolute Gasteiger partial charge is 0.349 e. The van der Waals surface area contributed by atoms with Crippen LogP contribution in [0.4, 0.5) is 6.01 Å². The minimum atomic E-state index is -0.741. The Hall–Kier alpha value is -3.33. The third-order valence-corrected chi connectivity index (χ3v) is 4.69. The predicted octanol–water partition coefficient (Wildman–Crippen LogP) is 3.17. The summed E-state index contributed by atoms with van der Waals surface area (Å²) in [6.07, 6.45) is 0. The molecule has 0 atom stereocenters. The Morgan fingerprint density at radius 2 is 1.96 bits per heavy atom. The second kappa shape index (κ2) is 6.19. The second-order valence-corrected chi connectivity index (χ2v) is 6.70. The monoisotopic (exact) mass is 368 g/mol. The summed E-state index contributed by atoms with van der Waals surface area (Å²) in [5.41, 5.74) is 0.289. The zero-order valence-corrected chi connectivity index (χ0v) is 14.6. The number of nitrogens with one attached hydrogen (secondary N) is 1. The van der Waals surface area contributed by atoms with E-state index < -0.39 is 11.5 Å². The van der Waals surface area contributed by atoms with Crippen molar-refractivity contribution in [2.75, 3.05) is 5.32 Å². The van der Waals surface area contributed by atoms with Gasteiger partial charge in [0.2, 0.25) is 0 Å². The normalized spacial score (nSPS) is 11.0. The minimum absolute atomic E-state index is 0.108. The van der Waals surface area contributed by atoms with E-state index >= 15 is 0 Å². The maximum Gasteiger partial charge on any atom is 0.349 e. The van der Waals surface area contributed by atoms with Crippen molar-refractivity contribution in [1.29, 1.82) is 0 Å². The van der Waals surface area contributed by atoms with Crippen molar-refractivity contribution in [2.24, 2.45) is 0 Å². The molecule has 0 aliphatic heterocycles. The Morgan fingerprint density at radius 1 is 1.15 bits per heavy atom. The fourth-order valence-electron chi connectivity index (χ4n) is 2.48. The lowest BCUT2D eigenvalue weighted by Gasteiger charge is -2.01. The van der Waals surface area contributed by atoms with Crippen LogP contribution in [0, 0.1) is 13.8 Å². The zero-order valence-electron chi connectivity index (χ0n) is 13.8. The van der Waals surface area contributed by atoms with Crippen molar-refractivity contribution >= 4 is 34.2 Å². The van der Waals surface area contributed by atoms with E-state index in [1.807, 2.05) is 13.8 Å². The van der Waals surface area contributed by atoms with Crippen LogP contribution in [0.2, 0.25) is 0 Å². The molecule has 1 amide bonds. The minimum Gasteiger partial charge on any atom is -0.422 e. The highest BCUT2D eigenvalue weighted by Crippen LogP contribution is 2.29. The van der Waals surface area contributed by atoms with Crippen LogP contribution in [-0.4, -0.2) is 21.1 Å². The SMILES string of the molecule is Cc1nc(C)c(-c2nnc(NC(=O)c3cc4ccccc4oc3=O)o2)s1. The van der Waals surface area contributed by atoms with Gasteiger partial charge < -0.3 is 8.83 Å². The molecule has 0 saturated carbocycles. The van der Waals surface area contributed by atoms with Crippen LogP contribution in [-0.2, 0) is 0 Å². The molecule has 0 aliphatic rings. The summed E-state index contributed by atoms with van der Waals surface area (Å²) in [7, 11) is 0. The van der Waals surface area contributed by atoms with E-state index in [9.17, 15) is 9.59 Å². The molecule has 0 spiro atoms. The van der Waals surface area contributed by atoms with Gasteiger partial charge in [-0.3, -0.25) is 10.1 Å². The summed E-state index contributed by atoms with van der Waals surface area (Å²) < 4.78 is 10.6. The molecule has 0 bridgehead atoms. The summed E-state index contributed by atoms with van der Waals surface area (Å²) in [4.78, 5) is 29.5. The highest BCUT2D eigenvalue weighted by Gasteiger charge is 2.19. The molecule has 1 N–H and O–H groups in total. The summed E-state index contributed by atoms with van der Waals surface area (Å²) in [5.74, 6) is -0.425. The average Bonchev–Trinajstić information content (AvgIpc) is 3.19. The topological polar surface area (TPSA) is 111 Å². The molecule has 3 aromatic heterocycles. The molecule has 8 nitrogen and oxygen atoms in total. The Bertz CT molecular complexity index is 1190. The number of hydrogen-bond acceptors (Lipinski definition) is 8. The Kier molecular flexibility index (Phi) is 3.85. The van der Waals surface area contributed by atoms with E-state index in [2.05, 4.69) is 20.5 Å². The number of carbonyl (C=O) groups excluding carboxylic acids is 1. The molecule has 0 fully saturated rings. The Morgan fingerprint density at radius 3 is 2.73 bits per heavy atom. The molecular formula is C17H12N4O4S. The second-order valence-electron chi connectivity index (χ2n) is 5.50. The number of amides is 1. The number of aryl methyl sites for hydroxylation is 2. The number of fused-ring (bicyclic) bond motifs is 1. The molecule has 26 heavy (non-hydrogen) atoms. The lowest BCUT2D eigenvalue weighted by molar-refractivity contribution is 0.102.